The van der Waals surface area contributed by atoms with Crippen LogP contribution in [0.4, 0.5) is 11.4 Å². The number of aromatic nitrogens is 2. The van der Waals surface area contributed by atoms with Crippen LogP contribution in [0.2, 0.25) is 0 Å². The number of amides is 1. The number of nitrogens with two attached hydrogens (primary N) is 1. The Morgan fingerprint density at radius 1 is 1.38 bits per heavy atom. The maximum Gasteiger partial charge on any atom is 0.255 e. The predicted molar refractivity (Wildman–Crippen MR) is 108 cm³/mol. The van der Waals surface area contributed by atoms with E-state index in [9.17, 15) is 4.79 Å². The lowest BCUT2D eigenvalue weighted by atomic mass is 10.1. The number of anilines is 2. The maximum atomic E-state index is 12.6. The number of carbonyl (C=O) groups excluding carboxylic acids is 1. The summed E-state index contributed by atoms with van der Waals surface area (Å²) in [5.41, 5.74) is 9.01. The number of fused-ring (bicyclic) bond motifs is 1. The van der Waals surface area contributed by atoms with E-state index in [-0.39, 0.29) is 5.91 Å². The van der Waals surface area contributed by atoms with Gasteiger partial charge in [-0.05, 0) is 46.9 Å². The molecule has 0 spiro atoms. The number of carbonyl (C=O) groups is 1. The fourth-order valence-electron chi connectivity index (χ4n) is 3.48. The number of nitrogens with zero attached hydrogens (tertiary/aromatic N) is 2. The summed E-state index contributed by atoms with van der Waals surface area (Å²) in [7, 11) is 0. The smallest absolute Gasteiger partial charge is 0.255 e. The number of aromatic amines is 1. The van der Waals surface area contributed by atoms with Crippen molar-refractivity contribution < 1.29 is 4.79 Å². The van der Waals surface area contributed by atoms with Gasteiger partial charge in [0.05, 0.1) is 21.2 Å². The molecule has 1 atom stereocenters. The molecule has 1 aromatic carbocycles. The first-order chi connectivity index (χ1) is 12.7. The Labute approximate surface area is 159 Å². The second kappa shape index (κ2) is 7.09. The van der Waals surface area contributed by atoms with E-state index in [4.69, 9.17) is 5.73 Å². The number of hydrogen-bond donors (Lipinski definition) is 3. The van der Waals surface area contributed by atoms with Gasteiger partial charge in [-0.15, -0.1) is 0 Å². The van der Waals surface area contributed by atoms with Crippen molar-refractivity contribution >= 4 is 44.2 Å². The van der Waals surface area contributed by atoms with Crippen LogP contribution in [0.3, 0.4) is 0 Å². The number of H-pyrrole nitrogens is 1. The van der Waals surface area contributed by atoms with E-state index in [0.29, 0.717) is 18.0 Å². The minimum atomic E-state index is -0.140. The molecule has 1 amide bonds. The summed E-state index contributed by atoms with van der Waals surface area (Å²) in [6, 6.07) is 9.19. The number of rotatable bonds is 4. The number of nitrogens with one attached hydrogen (secondary N) is 2. The van der Waals surface area contributed by atoms with Gasteiger partial charge in [-0.1, -0.05) is 18.2 Å². The molecule has 1 aliphatic heterocycles. The van der Waals surface area contributed by atoms with E-state index < -0.39 is 0 Å². The number of halogens is 1. The van der Waals surface area contributed by atoms with E-state index in [2.05, 4.69) is 36.1 Å². The zero-order valence-corrected chi connectivity index (χ0v) is 15.8. The van der Waals surface area contributed by atoms with Crippen molar-refractivity contribution in [1.82, 2.24) is 9.97 Å². The average Bonchev–Trinajstić information content (AvgIpc) is 3.30. The molecule has 4 N–H and O–H groups in total. The van der Waals surface area contributed by atoms with E-state index in [1.165, 1.54) is 0 Å². The zero-order chi connectivity index (χ0) is 18.1. The van der Waals surface area contributed by atoms with Gasteiger partial charge in [0.2, 0.25) is 0 Å². The largest absolute Gasteiger partial charge is 0.370 e. The molecule has 134 valence electrons. The molecular weight excluding hydrogens is 394 g/mol. The van der Waals surface area contributed by atoms with Gasteiger partial charge in [-0.3, -0.25) is 4.79 Å². The van der Waals surface area contributed by atoms with E-state index >= 15 is 0 Å². The number of pyridine rings is 1. The topological polar surface area (TPSA) is 87.0 Å². The van der Waals surface area contributed by atoms with Crippen LogP contribution >= 0.6 is 15.9 Å². The van der Waals surface area contributed by atoms with Gasteiger partial charge in [-0.2, -0.15) is 0 Å². The number of benzene rings is 1. The van der Waals surface area contributed by atoms with Crippen molar-refractivity contribution in [2.45, 2.75) is 6.42 Å². The molecule has 7 heteroatoms. The quantitative estimate of drug-likeness (QED) is 0.611. The van der Waals surface area contributed by atoms with E-state index in [0.717, 1.165) is 46.4 Å². The molecule has 3 heterocycles. The molecule has 2 aromatic heterocycles. The highest BCUT2D eigenvalue weighted by Crippen LogP contribution is 2.39. The molecule has 1 fully saturated rings. The molecule has 0 radical (unpaired) electrons. The highest BCUT2D eigenvalue weighted by atomic mass is 79.9. The summed E-state index contributed by atoms with van der Waals surface area (Å²) in [4.78, 5) is 22.5. The summed E-state index contributed by atoms with van der Waals surface area (Å²) < 4.78 is 0.914. The highest BCUT2D eigenvalue weighted by molar-refractivity contribution is 9.10. The summed E-state index contributed by atoms with van der Waals surface area (Å²) >= 11 is 3.64. The summed E-state index contributed by atoms with van der Waals surface area (Å²) in [6.07, 6.45) is 4.67. The highest BCUT2D eigenvalue weighted by Gasteiger charge is 2.26. The molecule has 3 aromatic rings. The zero-order valence-electron chi connectivity index (χ0n) is 14.2. The van der Waals surface area contributed by atoms with Crippen LogP contribution < -0.4 is 16.0 Å². The second-order valence-electron chi connectivity index (χ2n) is 6.54. The molecular formula is C19H20BrN5O. The first kappa shape index (κ1) is 17.1. The van der Waals surface area contributed by atoms with Crippen molar-refractivity contribution in [3.8, 4) is 0 Å². The molecule has 6 nitrogen and oxygen atoms in total. The average molecular weight is 414 g/mol. The van der Waals surface area contributed by atoms with Crippen molar-refractivity contribution in [3.63, 3.8) is 0 Å². The van der Waals surface area contributed by atoms with Gasteiger partial charge in [0, 0.05) is 31.0 Å². The van der Waals surface area contributed by atoms with Crippen molar-refractivity contribution in [3.05, 3.63) is 52.8 Å². The van der Waals surface area contributed by atoms with Gasteiger partial charge in [0.1, 0.15) is 5.65 Å². The minimum Gasteiger partial charge on any atom is -0.370 e. The normalized spacial score (nSPS) is 17.0. The molecule has 0 saturated carbocycles. The third kappa shape index (κ3) is 3.08. The van der Waals surface area contributed by atoms with Crippen molar-refractivity contribution in [2.75, 3.05) is 29.9 Å². The fourth-order valence-corrected chi connectivity index (χ4v) is 4.03. The van der Waals surface area contributed by atoms with Crippen LogP contribution in [0.15, 0.2) is 47.2 Å². The van der Waals surface area contributed by atoms with Crippen LogP contribution in [0.5, 0.6) is 0 Å². The van der Waals surface area contributed by atoms with Crippen LogP contribution in [0, 0.1) is 5.92 Å². The van der Waals surface area contributed by atoms with Gasteiger partial charge < -0.3 is 20.9 Å². The molecule has 0 aliphatic carbocycles. The molecule has 0 bridgehead atoms. The van der Waals surface area contributed by atoms with Crippen molar-refractivity contribution in [1.29, 1.82) is 0 Å². The Balaban J connectivity index is 1.72. The molecule has 1 aliphatic rings. The fraction of sp³-hybridized carbons (Fsp3) is 0.263. The lowest BCUT2D eigenvalue weighted by molar-refractivity contribution is 0.102. The van der Waals surface area contributed by atoms with Crippen molar-refractivity contribution in [2.24, 2.45) is 11.7 Å². The van der Waals surface area contributed by atoms with Gasteiger partial charge in [-0.25, -0.2) is 4.98 Å². The lowest BCUT2D eigenvalue weighted by Gasteiger charge is -2.21. The lowest BCUT2D eigenvalue weighted by Crippen LogP contribution is -2.23. The van der Waals surface area contributed by atoms with Gasteiger partial charge in [0.25, 0.3) is 5.91 Å². The molecule has 26 heavy (non-hydrogen) atoms. The van der Waals surface area contributed by atoms with Gasteiger partial charge >= 0.3 is 0 Å². The standard InChI is InChI=1S/C19H20BrN5O/c20-14-9-22-18-16(17(14)25-7-6-12(8-21)11-25)15(10-23-18)24-19(26)13-4-2-1-3-5-13/h1-5,9-10,12H,6-8,11,21H2,(H,22,23)(H,24,26). The molecule has 4 rings (SSSR count). The number of hydrogen-bond acceptors (Lipinski definition) is 4. The van der Waals surface area contributed by atoms with Crippen LogP contribution in [-0.4, -0.2) is 35.5 Å². The summed E-state index contributed by atoms with van der Waals surface area (Å²) in [5.74, 6) is 0.352. The first-order valence-corrected chi connectivity index (χ1v) is 9.43. The summed E-state index contributed by atoms with van der Waals surface area (Å²) in [5, 5.41) is 3.93. The Morgan fingerprint density at radius 3 is 2.92 bits per heavy atom. The van der Waals surface area contributed by atoms with Gasteiger partial charge in [0.15, 0.2) is 0 Å². The first-order valence-electron chi connectivity index (χ1n) is 8.64. The summed E-state index contributed by atoms with van der Waals surface area (Å²) in [6.45, 7) is 2.54. The van der Waals surface area contributed by atoms with Crippen LogP contribution in [0.1, 0.15) is 16.8 Å². The Morgan fingerprint density at radius 2 is 2.19 bits per heavy atom. The monoisotopic (exact) mass is 413 g/mol. The SMILES string of the molecule is NCC1CCN(c2c(Br)cnc3[nH]cc(NC(=O)c4ccccc4)c23)C1. The molecule has 1 unspecified atom stereocenters. The minimum absolute atomic E-state index is 0.140. The van der Waals surface area contributed by atoms with E-state index in [1.54, 1.807) is 24.5 Å². The maximum absolute atomic E-state index is 12.6. The Bertz CT molecular complexity index is 940. The Hall–Kier alpha value is -2.38. The second-order valence-corrected chi connectivity index (χ2v) is 7.39. The molecule has 1 saturated heterocycles. The third-order valence-corrected chi connectivity index (χ3v) is 5.43. The predicted octanol–water partition coefficient (Wildman–Crippen LogP) is 3.36. The third-order valence-electron chi connectivity index (χ3n) is 4.85. The van der Waals surface area contributed by atoms with E-state index in [1.807, 2.05) is 18.2 Å². The Kier molecular flexibility index (Phi) is 4.65. The van der Waals surface area contributed by atoms with Crippen LogP contribution in [-0.2, 0) is 0 Å². The van der Waals surface area contributed by atoms with Crippen LogP contribution in [0.25, 0.3) is 11.0 Å².